The van der Waals surface area contributed by atoms with Gasteiger partial charge in [-0.2, -0.15) is 0 Å². The molecule has 2 nitrogen and oxygen atoms in total. The summed E-state index contributed by atoms with van der Waals surface area (Å²) in [6, 6.07) is 14.3. The fraction of sp³-hybridized carbons (Fsp3) is 0.381. The average molecular weight is 327 g/mol. The quantitative estimate of drug-likeness (QED) is 0.399. The van der Waals surface area contributed by atoms with E-state index in [0.717, 1.165) is 29.8 Å². The molecule has 2 aromatic carbocycles. The van der Waals surface area contributed by atoms with Crippen molar-refractivity contribution in [3.05, 3.63) is 65.5 Å². The molecule has 24 heavy (non-hydrogen) atoms. The van der Waals surface area contributed by atoms with Crippen LogP contribution in [0.1, 0.15) is 50.2 Å². The first kappa shape index (κ1) is 18.2. The van der Waals surface area contributed by atoms with E-state index in [9.17, 15) is 4.39 Å². The van der Waals surface area contributed by atoms with Crippen molar-refractivity contribution in [1.82, 2.24) is 0 Å². The molecule has 0 aliphatic rings. The van der Waals surface area contributed by atoms with Gasteiger partial charge in [0.25, 0.3) is 0 Å². The van der Waals surface area contributed by atoms with Crippen LogP contribution in [0.15, 0.2) is 53.5 Å². The van der Waals surface area contributed by atoms with E-state index in [1.807, 2.05) is 36.5 Å². The molecule has 2 aromatic rings. The molecular formula is C21H26FNO. The Morgan fingerprint density at radius 3 is 2.54 bits per heavy atom. The molecule has 0 aliphatic carbocycles. The van der Waals surface area contributed by atoms with Crippen molar-refractivity contribution in [1.29, 1.82) is 0 Å². The molecule has 0 radical (unpaired) electrons. The van der Waals surface area contributed by atoms with Gasteiger partial charge in [-0.15, -0.1) is 0 Å². The first-order valence-corrected chi connectivity index (χ1v) is 8.75. The summed E-state index contributed by atoms with van der Waals surface area (Å²) in [6.45, 7) is 3.48. The van der Waals surface area contributed by atoms with Crippen LogP contribution in [-0.2, 0) is 6.61 Å². The highest BCUT2D eigenvalue weighted by molar-refractivity contribution is 5.79. The molecule has 0 unspecified atom stereocenters. The van der Waals surface area contributed by atoms with Crippen molar-refractivity contribution in [2.24, 2.45) is 4.99 Å². The molecule has 3 heteroatoms. The van der Waals surface area contributed by atoms with Crippen LogP contribution in [0.25, 0.3) is 0 Å². The highest BCUT2D eigenvalue weighted by atomic mass is 19.1. The number of benzene rings is 2. The number of halogens is 1. The van der Waals surface area contributed by atoms with Gasteiger partial charge in [-0.25, -0.2) is 4.39 Å². The van der Waals surface area contributed by atoms with Gasteiger partial charge in [0, 0.05) is 12.8 Å². The van der Waals surface area contributed by atoms with Gasteiger partial charge in [0.05, 0.1) is 0 Å². The normalized spacial score (nSPS) is 11.1. The third kappa shape index (κ3) is 6.95. The Morgan fingerprint density at radius 1 is 1.00 bits per heavy atom. The minimum atomic E-state index is -0.239. The van der Waals surface area contributed by atoms with E-state index in [0.29, 0.717) is 6.61 Å². The Kier molecular flexibility index (Phi) is 8.02. The molecule has 0 N–H and O–H groups in total. The zero-order valence-corrected chi connectivity index (χ0v) is 14.4. The zero-order chi connectivity index (χ0) is 17.0. The molecule has 0 spiro atoms. The molecule has 0 fully saturated rings. The van der Waals surface area contributed by atoms with Gasteiger partial charge < -0.3 is 4.74 Å². The van der Waals surface area contributed by atoms with Crippen LogP contribution in [0, 0.1) is 5.82 Å². The highest BCUT2D eigenvalue weighted by Crippen LogP contribution is 2.14. The minimum Gasteiger partial charge on any atom is -0.489 e. The summed E-state index contributed by atoms with van der Waals surface area (Å²) in [5.41, 5.74) is 1.89. The number of unbranched alkanes of at least 4 members (excludes halogenated alkanes) is 4. The van der Waals surface area contributed by atoms with Crippen LogP contribution in [0.4, 0.5) is 4.39 Å². The second kappa shape index (κ2) is 10.6. The fourth-order valence-electron chi connectivity index (χ4n) is 2.42. The van der Waals surface area contributed by atoms with E-state index in [2.05, 4.69) is 11.9 Å². The van der Waals surface area contributed by atoms with Crippen LogP contribution in [-0.4, -0.2) is 12.8 Å². The number of ether oxygens (including phenoxy) is 1. The van der Waals surface area contributed by atoms with E-state index in [1.165, 1.54) is 37.8 Å². The maximum absolute atomic E-state index is 13.1. The summed E-state index contributed by atoms with van der Waals surface area (Å²) >= 11 is 0. The van der Waals surface area contributed by atoms with E-state index >= 15 is 0 Å². The Labute approximate surface area is 144 Å². The molecule has 128 valence electrons. The number of hydrogen-bond acceptors (Lipinski definition) is 2. The van der Waals surface area contributed by atoms with Crippen molar-refractivity contribution in [2.45, 2.75) is 45.6 Å². The number of nitrogens with zero attached hydrogens (tertiary/aromatic N) is 1. The Hall–Kier alpha value is -2.16. The van der Waals surface area contributed by atoms with Gasteiger partial charge in [-0.3, -0.25) is 4.99 Å². The number of hydrogen-bond donors (Lipinski definition) is 0. The maximum Gasteiger partial charge on any atom is 0.123 e. The fourth-order valence-corrected chi connectivity index (χ4v) is 2.42. The molecular weight excluding hydrogens is 301 g/mol. The second-order valence-electron chi connectivity index (χ2n) is 5.94. The van der Waals surface area contributed by atoms with Crippen LogP contribution >= 0.6 is 0 Å². The van der Waals surface area contributed by atoms with Crippen LogP contribution < -0.4 is 4.74 Å². The molecule has 0 saturated heterocycles. The minimum absolute atomic E-state index is 0.239. The van der Waals surface area contributed by atoms with Crippen molar-refractivity contribution < 1.29 is 9.13 Å². The topological polar surface area (TPSA) is 21.6 Å². The SMILES string of the molecule is CCCCCCC/N=C/c1ccc(OCc2cccc(F)c2)cc1. The highest BCUT2D eigenvalue weighted by Gasteiger charge is 1.98. The Bertz CT molecular complexity index is 622. The summed E-state index contributed by atoms with van der Waals surface area (Å²) in [6.07, 6.45) is 8.24. The average Bonchev–Trinajstić information content (AvgIpc) is 2.60. The lowest BCUT2D eigenvalue weighted by Gasteiger charge is -2.06. The lowest BCUT2D eigenvalue weighted by atomic mass is 10.1. The van der Waals surface area contributed by atoms with Gasteiger partial charge >= 0.3 is 0 Å². The first-order valence-electron chi connectivity index (χ1n) is 8.75. The third-order valence-electron chi connectivity index (χ3n) is 3.81. The van der Waals surface area contributed by atoms with Crippen molar-refractivity contribution in [3.63, 3.8) is 0 Å². The Morgan fingerprint density at radius 2 is 1.79 bits per heavy atom. The summed E-state index contributed by atoms with van der Waals surface area (Å²) in [4.78, 5) is 4.46. The molecule has 0 heterocycles. The van der Waals surface area contributed by atoms with Crippen LogP contribution in [0.2, 0.25) is 0 Å². The zero-order valence-electron chi connectivity index (χ0n) is 14.4. The summed E-state index contributed by atoms with van der Waals surface area (Å²) in [7, 11) is 0. The van der Waals surface area contributed by atoms with Gasteiger partial charge in [-0.05, 0) is 53.9 Å². The van der Waals surface area contributed by atoms with E-state index < -0.39 is 0 Å². The van der Waals surface area contributed by atoms with Crippen LogP contribution in [0.3, 0.4) is 0 Å². The summed E-state index contributed by atoms with van der Waals surface area (Å²) in [5.74, 6) is 0.535. The van der Waals surface area contributed by atoms with E-state index in [-0.39, 0.29) is 5.82 Å². The van der Waals surface area contributed by atoms with Crippen molar-refractivity contribution in [3.8, 4) is 5.75 Å². The van der Waals surface area contributed by atoms with E-state index in [4.69, 9.17) is 4.74 Å². The van der Waals surface area contributed by atoms with Crippen molar-refractivity contribution >= 4 is 6.21 Å². The lowest BCUT2D eigenvalue weighted by Crippen LogP contribution is -1.96. The third-order valence-corrected chi connectivity index (χ3v) is 3.81. The predicted octanol–water partition coefficient (Wildman–Crippen LogP) is 5.79. The van der Waals surface area contributed by atoms with Gasteiger partial charge in [0.15, 0.2) is 0 Å². The van der Waals surface area contributed by atoms with Crippen LogP contribution in [0.5, 0.6) is 5.75 Å². The van der Waals surface area contributed by atoms with Gasteiger partial charge in [0.2, 0.25) is 0 Å². The molecule has 0 saturated carbocycles. The standard InChI is InChI=1S/C21H26FNO/c1-2-3-4-5-6-14-23-16-18-10-12-21(13-11-18)24-17-19-8-7-9-20(22)15-19/h7-13,15-16H,2-6,14,17H2,1H3/b23-16+. The molecule has 0 atom stereocenters. The predicted molar refractivity (Wildman–Crippen MR) is 98.4 cm³/mol. The molecule has 0 aromatic heterocycles. The monoisotopic (exact) mass is 327 g/mol. The summed E-state index contributed by atoms with van der Waals surface area (Å²) < 4.78 is 18.8. The van der Waals surface area contributed by atoms with E-state index in [1.54, 1.807) is 6.07 Å². The molecule has 0 amide bonds. The molecule has 0 aliphatic heterocycles. The lowest BCUT2D eigenvalue weighted by molar-refractivity contribution is 0.305. The number of aliphatic imine (C=N–C) groups is 1. The second-order valence-corrected chi connectivity index (χ2v) is 5.94. The van der Waals surface area contributed by atoms with Crippen molar-refractivity contribution in [2.75, 3.05) is 6.54 Å². The van der Waals surface area contributed by atoms with Gasteiger partial charge in [0.1, 0.15) is 18.2 Å². The largest absolute Gasteiger partial charge is 0.489 e. The smallest absolute Gasteiger partial charge is 0.123 e. The maximum atomic E-state index is 13.1. The Balaban J connectivity index is 1.72. The molecule has 2 rings (SSSR count). The summed E-state index contributed by atoms with van der Waals surface area (Å²) in [5, 5.41) is 0. The number of rotatable bonds is 10. The molecule has 0 bridgehead atoms. The van der Waals surface area contributed by atoms with Gasteiger partial charge in [-0.1, -0.05) is 44.7 Å². The first-order chi connectivity index (χ1) is 11.8.